The van der Waals surface area contributed by atoms with Gasteiger partial charge in [0.1, 0.15) is 23.3 Å². The van der Waals surface area contributed by atoms with E-state index in [1.54, 1.807) is 6.07 Å². The number of hydrogen-bond acceptors (Lipinski definition) is 4. The van der Waals surface area contributed by atoms with E-state index in [0.717, 1.165) is 0 Å². The van der Waals surface area contributed by atoms with E-state index in [4.69, 9.17) is 9.52 Å². The molecule has 0 atom stereocenters. The normalized spacial score (nSPS) is 10.4. The van der Waals surface area contributed by atoms with Crippen LogP contribution in [0.25, 0.3) is 11.3 Å². The van der Waals surface area contributed by atoms with Gasteiger partial charge >= 0.3 is 5.97 Å². The van der Waals surface area contributed by atoms with E-state index in [2.05, 4.69) is 4.98 Å². The van der Waals surface area contributed by atoms with E-state index in [9.17, 15) is 9.90 Å². The third kappa shape index (κ3) is 2.13. The Morgan fingerprint density at radius 3 is 2.82 bits per heavy atom. The fourth-order valence-corrected chi connectivity index (χ4v) is 1.47. The maximum Gasteiger partial charge on any atom is 0.339 e. The molecule has 1 aromatic carbocycles. The van der Waals surface area contributed by atoms with Crippen LogP contribution < -0.4 is 0 Å². The summed E-state index contributed by atoms with van der Waals surface area (Å²) in [5, 5.41) is 18.3. The lowest BCUT2D eigenvalue weighted by atomic mass is 10.1. The first-order valence-corrected chi connectivity index (χ1v) is 5.13. The molecule has 0 saturated heterocycles. The van der Waals surface area contributed by atoms with Crippen LogP contribution in [0.4, 0.5) is 0 Å². The zero-order valence-corrected chi connectivity index (χ0v) is 9.17. The van der Waals surface area contributed by atoms with Crippen molar-refractivity contribution in [2.75, 3.05) is 0 Å². The van der Waals surface area contributed by atoms with E-state index >= 15 is 0 Å². The molecule has 0 bridgehead atoms. The van der Waals surface area contributed by atoms with Gasteiger partial charge in [0.25, 0.3) is 0 Å². The molecule has 0 saturated carbocycles. The van der Waals surface area contributed by atoms with E-state index in [0.29, 0.717) is 23.6 Å². The SMILES string of the molecule is CCc1nc(-c2ccc(O)c(C(=O)O)c2)co1. The Morgan fingerprint density at radius 2 is 2.24 bits per heavy atom. The molecule has 0 aliphatic heterocycles. The highest BCUT2D eigenvalue weighted by molar-refractivity contribution is 5.92. The number of carboxylic acids is 1. The van der Waals surface area contributed by atoms with E-state index in [1.165, 1.54) is 18.4 Å². The molecule has 1 heterocycles. The second kappa shape index (κ2) is 4.29. The van der Waals surface area contributed by atoms with E-state index in [1.807, 2.05) is 6.92 Å². The smallest absolute Gasteiger partial charge is 0.339 e. The Morgan fingerprint density at radius 1 is 1.47 bits per heavy atom. The maximum atomic E-state index is 10.9. The lowest BCUT2D eigenvalue weighted by Crippen LogP contribution is -1.97. The molecule has 0 aliphatic rings. The summed E-state index contributed by atoms with van der Waals surface area (Å²) in [5.74, 6) is -0.853. The van der Waals surface area contributed by atoms with Crippen LogP contribution in [0.15, 0.2) is 28.9 Å². The van der Waals surface area contributed by atoms with Crippen LogP contribution >= 0.6 is 0 Å². The van der Waals surface area contributed by atoms with E-state index in [-0.39, 0.29) is 11.3 Å². The molecular weight excluding hydrogens is 222 g/mol. The van der Waals surface area contributed by atoms with Crippen molar-refractivity contribution in [3.63, 3.8) is 0 Å². The fourth-order valence-electron chi connectivity index (χ4n) is 1.47. The predicted molar refractivity (Wildman–Crippen MR) is 59.9 cm³/mol. The molecule has 0 radical (unpaired) electrons. The lowest BCUT2D eigenvalue weighted by Gasteiger charge is -2.01. The van der Waals surface area contributed by atoms with Crippen molar-refractivity contribution in [1.82, 2.24) is 4.98 Å². The average Bonchev–Trinajstić information content (AvgIpc) is 2.78. The minimum Gasteiger partial charge on any atom is -0.507 e. The number of aryl methyl sites for hydroxylation is 1. The first-order chi connectivity index (χ1) is 8.11. The molecule has 2 N–H and O–H groups in total. The Labute approximate surface area is 97.3 Å². The molecule has 1 aromatic heterocycles. The highest BCUT2D eigenvalue weighted by Gasteiger charge is 2.12. The minimum atomic E-state index is -1.18. The predicted octanol–water partition coefficient (Wildman–Crippen LogP) is 2.31. The van der Waals surface area contributed by atoms with Gasteiger partial charge in [0.15, 0.2) is 5.89 Å². The minimum absolute atomic E-state index is 0.149. The number of nitrogens with zero attached hydrogens (tertiary/aromatic N) is 1. The van der Waals surface area contributed by atoms with Crippen LogP contribution in [0.2, 0.25) is 0 Å². The summed E-state index contributed by atoms with van der Waals surface area (Å²) in [7, 11) is 0. The molecule has 0 aliphatic carbocycles. The summed E-state index contributed by atoms with van der Waals surface area (Å²) in [4.78, 5) is 15.1. The van der Waals surface area contributed by atoms with Crippen molar-refractivity contribution in [2.45, 2.75) is 13.3 Å². The van der Waals surface area contributed by atoms with Gasteiger partial charge in [0, 0.05) is 12.0 Å². The van der Waals surface area contributed by atoms with Crippen molar-refractivity contribution in [3.05, 3.63) is 35.9 Å². The number of carboxylic acid groups (broad SMARTS) is 1. The molecule has 17 heavy (non-hydrogen) atoms. The van der Waals surface area contributed by atoms with Crippen LogP contribution in [0.3, 0.4) is 0 Å². The largest absolute Gasteiger partial charge is 0.507 e. The van der Waals surface area contributed by atoms with Crippen molar-refractivity contribution in [3.8, 4) is 17.0 Å². The highest BCUT2D eigenvalue weighted by atomic mass is 16.4. The Bertz CT molecular complexity index is 559. The van der Waals surface area contributed by atoms with Crippen LogP contribution in [-0.2, 0) is 6.42 Å². The monoisotopic (exact) mass is 233 g/mol. The quantitative estimate of drug-likeness (QED) is 0.849. The highest BCUT2D eigenvalue weighted by Crippen LogP contribution is 2.25. The fraction of sp³-hybridized carbons (Fsp3) is 0.167. The van der Waals surface area contributed by atoms with Crippen LogP contribution in [0, 0.1) is 0 Å². The third-order valence-electron chi connectivity index (χ3n) is 2.38. The molecule has 5 heteroatoms. The van der Waals surface area contributed by atoms with Crippen LogP contribution in [0.5, 0.6) is 5.75 Å². The van der Waals surface area contributed by atoms with E-state index < -0.39 is 5.97 Å². The average molecular weight is 233 g/mol. The standard InChI is InChI=1S/C12H11NO4/c1-2-11-13-9(6-17-11)7-3-4-10(14)8(5-7)12(15)16/h3-6,14H,2H2,1H3,(H,15,16). The lowest BCUT2D eigenvalue weighted by molar-refractivity contribution is 0.0694. The zero-order valence-electron chi connectivity index (χ0n) is 9.17. The Balaban J connectivity index is 2.46. The molecule has 2 rings (SSSR count). The number of aromatic carboxylic acids is 1. The second-order valence-electron chi connectivity index (χ2n) is 3.52. The molecule has 88 valence electrons. The molecule has 5 nitrogen and oxygen atoms in total. The summed E-state index contributed by atoms with van der Waals surface area (Å²) in [6.07, 6.45) is 2.14. The first-order valence-electron chi connectivity index (χ1n) is 5.13. The summed E-state index contributed by atoms with van der Waals surface area (Å²) < 4.78 is 5.18. The number of phenols is 1. The number of rotatable bonds is 3. The summed E-state index contributed by atoms with van der Waals surface area (Å²) in [5.41, 5.74) is 1.01. The van der Waals surface area contributed by atoms with Gasteiger partial charge in [-0.1, -0.05) is 6.92 Å². The second-order valence-corrected chi connectivity index (χ2v) is 3.52. The molecule has 0 unspecified atom stereocenters. The van der Waals surface area contributed by atoms with Crippen LogP contribution in [-0.4, -0.2) is 21.2 Å². The van der Waals surface area contributed by atoms with Crippen LogP contribution in [0.1, 0.15) is 23.2 Å². The van der Waals surface area contributed by atoms with Crippen molar-refractivity contribution < 1.29 is 19.4 Å². The number of aromatic nitrogens is 1. The van der Waals surface area contributed by atoms with Crippen molar-refractivity contribution in [2.24, 2.45) is 0 Å². The van der Waals surface area contributed by atoms with Gasteiger partial charge in [-0.2, -0.15) is 0 Å². The Kier molecular flexibility index (Phi) is 2.82. The van der Waals surface area contributed by atoms with Gasteiger partial charge in [-0.15, -0.1) is 0 Å². The third-order valence-corrected chi connectivity index (χ3v) is 2.38. The van der Waals surface area contributed by atoms with Gasteiger partial charge in [0.05, 0.1) is 0 Å². The molecule has 0 fully saturated rings. The van der Waals surface area contributed by atoms with Gasteiger partial charge in [-0.25, -0.2) is 9.78 Å². The van der Waals surface area contributed by atoms with Crippen molar-refractivity contribution >= 4 is 5.97 Å². The number of carbonyl (C=O) groups is 1. The van der Waals surface area contributed by atoms with Crippen molar-refractivity contribution in [1.29, 1.82) is 0 Å². The molecule has 0 spiro atoms. The van der Waals surface area contributed by atoms with Gasteiger partial charge < -0.3 is 14.6 Å². The van der Waals surface area contributed by atoms with Gasteiger partial charge in [-0.3, -0.25) is 0 Å². The summed E-state index contributed by atoms with van der Waals surface area (Å²) >= 11 is 0. The number of oxazole rings is 1. The molecule has 2 aromatic rings. The topological polar surface area (TPSA) is 83.6 Å². The van der Waals surface area contributed by atoms with Gasteiger partial charge in [-0.05, 0) is 18.2 Å². The molecule has 0 amide bonds. The zero-order chi connectivity index (χ0) is 12.4. The number of aromatic hydroxyl groups is 1. The first kappa shape index (κ1) is 11.2. The number of benzene rings is 1. The maximum absolute atomic E-state index is 10.9. The summed E-state index contributed by atoms with van der Waals surface area (Å²) in [6, 6.07) is 4.30. The Hall–Kier alpha value is -2.30. The number of hydrogen-bond donors (Lipinski definition) is 2. The molecular formula is C12H11NO4. The summed E-state index contributed by atoms with van der Waals surface area (Å²) in [6.45, 7) is 1.91. The van der Waals surface area contributed by atoms with Gasteiger partial charge in [0.2, 0.25) is 0 Å².